The van der Waals surface area contributed by atoms with Crippen molar-refractivity contribution in [2.24, 2.45) is 0 Å². The number of nitrogens with zero attached hydrogens (tertiary/aromatic N) is 3. The maximum Gasteiger partial charge on any atom is 0.245 e. The molecule has 0 saturated carbocycles. The lowest BCUT2D eigenvalue weighted by Crippen LogP contribution is -2.48. The number of likely N-dealkylation sites (tertiary alicyclic amines) is 1. The predicted molar refractivity (Wildman–Crippen MR) is 100 cm³/mol. The van der Waals surface area contributed by atoms with Crippen LogP contribution in [0.5, 0.6) is 0 Å². The molecule has 1 N–H and O–H groups in total. The Morgan fingerprint density at radius 3 is 2.50 bits per heavy atom. The van der Waals surface area contributed by atoms with Gasteiger partial charge in [0, 0.05) is 31.9 Å². The normalized spacial score (nSPS) is 23.0. The number of anilines is 1. The Morgan fingerprint density at radius 2 is 1.88 bits per heavy atom. The highest BCUT2D eigenvalue weighted by atomic mass is 32.2. The second kappa shape index (κ2) is 7.92. The minimum atomic E-state index is -3.46. The van der Waals surface area contributed by atoms with E-state index >= 15 is 0 Å². The first-order chi connectivity index (χ1) is 12.4. The van der Waals surface area contributed by atoms with Crippen LogP contribution in [0.2, 0.25) is 0 Å². The Bertz CT molecular complexity index is 729. The molecule has 0 spiro atoms. The molecule has 2 unspecified atom stereocenters. The molecule has 3 heterocycles. The van der Waals surface area contributed by atoms with Crippen LogP contribution in [-0.4, -0.2) is 60.2 Å². The lowest BCUT2D eigenvalue weighted by molar-refractivity contribution is -0.134. The summed E-state index contributed by atoms with van der Waals surface area (Å²) in [5.74, 6) is 0.573. The van der Waals surface area contributed by atoms with Gasteiger partial charge in [-0.1, -0.05) is 0 Å². The molecule has 2 aliphatic rings. The highest BCUT2D eigenvalue weighted by Crippen LogP contribution is 2.22. The molecule has 26 heavy (non-hydrogen) atoms. The SMILES string of the molecule is CC(Nc1ccc(S(=O)(=O)N2CCCC2)cn1)C(=O)N1CCCCC1C. The van der Waals surface area contributed by atoms with Crippen molar-refractivity contribution >= 4 is 21.7 Å². The number of rotatable bonds is 5. The lowest BCUT2D eigenvalue weighted by atomic mass is 10.0. The van der Waals surface area contributed by atoms with Crippen molar-refractivity contribution in [2.75, 3.05) is 25.0 Å². The summed E-state index contributed by atoms with van der Waals surface area (Å²) >= 11 is 0. The highest BCUT2D eigenvalue weighted by Gasteiger charge is 2.29. The second-order valence-corrected chi connectivity index (χ2v) is 9.17. The number of hydrogen-bond acceptors (Lipinski definition) is 5. The van der Waals surface area contributed by atoms with E-state index in [1.165, 1.54) is 16.9 Å². The molecule has 0 aliphatic carbocycles. The summed E-state index contributed by atoms with van der Waals surface area (Å²) in [5.41, 5.74) is 0. The van der Waals surface area contributed by atoms with Gasteiger partial charge in [-0.2, -0.15) is 4.31 Å². The van der Waals surface area contributed by atoms with Gasteiger partial charge in [0.25, 0.3) is 0 Å². The molecular weight excluding hydrogens is 352 g/mol. The van der Waals surface area contributed by atoms with Crippen LogP contribution in [0.3, 0.4) is 0 Å². The van der Waals surface area contributed by atoms with E-state index in [1.54, 1.807) is 12.1 Å². The average Bonchev–Trinajstić information content (AvgIpc) is 3.17. The summed E-state index contributed by atoms with van der Waals surface area (Å²) in [5, 5.41) is 3.10. The molecule has 1 aromatic heterocycles. The number of nitrogens with one attached hydrogen (secondary N) is 1. The third kappa shape index (κ3) is 4.01. The molecule has 0 bridgehead atoms. The van der Waals surface area contributed by atoms with Crippen molar-refractivity contribution in [3.8, 4) is 0 Å². The van der Waals surface area contributed by atoms with E-state index in [4.69, 9.17) is 0 Å². The molecule has 3 rings (SSSR count). The van der Waals surface area contributed by atoms with E-state index in [9.17, 15) is 13.2 Å². The van der Waals surface area contributed by atoms with Crippen molar-refractivity contribution in [3.05, 3.63) is 18.3 Å². The van der Waals surface area contributed by atoms with Crippen LogP contribution in [0.1, 0.15) is 46.0 Å². The van der Waals surface area contributed by atoms with E-state index in [-0.39, 0.29) is 16.8 Å². The summed E-state index contributed by atoms with van der Waals surface area (Å²) in [4.78, 5) is 19.0. The van der Waals surface area contributed by atoms with E-state index in [0.717, 1.165) is 32.2 Å². The zero-order chi connectivity index (χ0) is 18.7. The number of carbonyl (C=O) groups excluding carboxylic acids is 1. The number of pyridine rings is 1. The number of amides is 1. The molecule has 0 aromatic carbocycles. The molecule has 8 heteroatoms. The second-order valence-electron chi connectivity index (χ2n) is 7.23. The molecule has 144 valence electrons. The summed E-state index contributed by atoms with van der Waals surface area (Å²) in [6.07, 6.45) is 6.43. The Kier molecular flexibility index (Phi) is 5.82. The van der Waals surface area contributed by atoms with E-state index in [0.29, 0.717) is 18.9 Å². The molecule has 7 nitrogen and oxygen atoms in total. The van der Waals surface area contributed by atoms with Gasteiger partial charge < -0.3 is 10.2 Å². The lowest BCUT2D eigenvalue weighted by Gasteiger charge is -2.35. The first kappa shape index (κ1) is 19.1. The fraction of sp³-hybridized carbons (Fsp3) is 0.667. The average molecular weight is 381 g/mol. The van der Waals surface area contributed by atoms with Crippen molar-refractivity contribution in [3.63, 3.8) is 0 Å². The molecule has 2 saturated heterocycles. The maximum atomic E-state index is 12.6. The van der Waals surface area contributed by atoms with E-state index in [1.807, 2.05) is 11.8 Å². The minimum absolute atomic E-state index is 0.0627. The minimum Gasteiger partial charge on any atom is -0.359 e. The predicted octanol–water partition coefficient (Wildman–Crippen LogP) is 2.07. The largest absolute Gasteiger partial charge is 0.359 e. The van der Waals surface area contributed by atoms with Gasteiger partial charge in [-0.3, -0.25) is 4.79 Å². The molecule has 0 radical (unpaired) electrons. The van der Waals surface area contributed by atoms with Gasteiger partial charge in [0.2, 0.25) is 15.9 Å². The number of hydrogen-bond donors (Lipinski definition) is 1. The van der Waals surface area contributed by atoms with Crippen LogP contribution < -0.4 is 5.32 Å². The fourth-order valence-electron chi connectivity index (χ4n) is 3.65. The molecular formula is C18H28N4O3S. The number of carbonyl (C=O) groups is 1. The molecule has 2 atom stereocenters. The Labute approximate surface area is 155 Å². The number of aromatic nitrogens is 1. The molecule has 1 amide bonds. The monoisotopic (exact) mass is 380 g/mol. The van der Waals surface area contributed by atoms with Crippen molar-refractivity contribution in [1.29, 1.82) is 0 Å². The van der Waals surface area contributed by atoms with Gasteiger partial charge in [-0.25, -0.2) is 13.4 Å². The van der Waals surface area contributed by atoms with E-state index < -0.39 is 16.1 Å². The smallest absolute Gasteiger partial charge is 0.245 e. The van der Waals surface area contributed by atoms with Crippen molar-refractivity contribution in [1.82, 2.24) is 14.2 Å². The molecule has 1 aromatic rings. The van der Waals surface area contributed by atoms with Crippen molar-refractivity contribution < 1.29 is 13.2 Å². The summed E-state index contributed by atoms with van der Waals surface area (Å²) < 4.78 is 26.5. The molecule has 2 fully saturated rings. The van der Waals surface area contributed by atoms with Gasteiger partial charge in [-0.15, -0.1) is 0 Å². The zero-order valence-electron chi connectivity index (χ0n) is 15.5. The topological polar surface area (TPSA) is 82.6 Å². The quantitative estimate of drug-likeness (QED) is 0.845. The first-order valence-corrected chi connectivity index (χ1v) is 10.9. The van der Waals surface area contributed by atoms with Crippen LogP contribution in [0, 0.1) is 0 Å². The van der Waals surface area contributed by atoms with Crippen LogP contribution in [0.15, 0.2) is 23.2 Å². The van der Waals surface area contributed by atoms with E-state index in [2.05, 4.69) is 17.2 Å². The van der Waals surface area contributed by atoms with Crippen LogP contribution >= 0.6 is 0 Å². The maximum absolute atomic E-state index is 12.6. The third-order valence-electron chi connectivity index (χ3n) is 5.26. The van der Waals surface area contributed by atoms with Crippen molar-refractivity contribution in [2.45, 2.75) is 62.9 Å². The summed E-state index contributed by atoms with van der Waals surface area (Å²) in [6, 6.07) is 3.06. The standard InChI is InChI=1S/C18H28N4O3S/c1-14-7-3-4-12-22(14)18(23)15(2)20-17-9-8-16(13-19-17)26(24,25)21-10-5-6-11-21/h8-9,13-15H,3-7,10-12H2,1-2H3,(H,19,20). The fourth-order valence-corrected chi connectivity index (χ4v) is 5.12. The highest BCUT2D eigenvalue weighted by molar-refractivity contribution is 7.89. The Balaban J connectivity index is 1.64. The number of piperidine rings is 1. The van der Waals surface area contributed by atoms with Gasteiger partial charge in [-0.05, 0) is 58.1 Å². The van der Waals surface area contributed by atoms with Gasteiger partial charge in [0.15, 0.2) is 0 Å². The van der Waals surface area contributed by atoms with Crippen LogP contribution in [0.25, 0.3) is 0 Å². The third-order valence-corrected chi connectivity index (χ3v) is 7.14. The Hall–Kier alpha value is -1.67. The zero-order valence-corrected chi connectivity index (χ0v) is 16.3. The molecule has 2 aliphatic heterocycles. The van der Waals surface area contributed by atoms with Gasteiger partial charge >= 0.3 is 0 Å². The van der Waals surface area contributed by atoms with Crippen LogP contribution in [0.4, 0.5) is 5.82 Å². The van der Waals surface area contributed by atoms with Gasteiger partial charge in [0.05, 0.1) is 0 Å². The summed E-state index contributed by atoms with van der Waals surface area (Å²) in [6.45, 7) is 5.84. The Morgan fingerprint density at radius 1 is 1.19 bits per heavy atom. The number of sulfonamides is 1. The first-order valence-electron chi connectivity index (χ1n) is 9.43. The summed E-state index contributed by atoms with van der Waals surface area (Å²) in [7, 11) is -3.46. The van der Waals surface area contributed by atoms with Gasteiger partial charge in [0.1, 0.15) is 16.8 Å². The van der Waals surface area contributed by atoms with Crippen LogP contribution in [-0.2, 0) is 14.8 Å².